The van der Waals surface area contributed by atoms with Gasteiger partial charge in [0.15, 0.2) is 0 Å². The second-order valence-electron chi connectivity index (χ2n) is 8.28. The minimum absolute atomic E-state index is 0.0204. The van der Waals surface area contributed by atoms with Gasteiger partial charge in [-0.15, -0.1) is 0 Å². The van der Waals surface area contributed by atoms with Crippen molar-refractivity contribution < 1.29 is 28.6 Å². The summed E-state index contributed by atoms with van der Waals surface area (Å²) in [5.41, 5.74) is 2.79. The summed E-state index contributed by atoms with van der Waals surface area (Å²) in [6.07, 6.45) is 1.25. The number of hydrogen-bond acceptors (Lipinski definition) is 6. The van der Waals surface area contributed by atoms with Gasteiger partial charge >= 0.3 is 18.2 Å². The van der Waals surface area contributed by atoms with Crippen LogP contribution in [0.2, 0.25) is 0 Å². The summed E-state index contributed by atoms with van der Waals surface area (Å²) in [5.74, 6) is -0.0872. The summed E-state index contributed by atoms with van der Waals surface area (Å²) in [4.78, 5) is 40.2. The van der Waals surface area contributed by atoms with Crippen LogP contribution in [0.5, 0.6) is 5.75 Å². The minimum atomic E-state index is -0.447. The summed E-state index contributed by atoms with van der Waals surface area (Å²) in [7, 11) is 1.31. The highest BCUT2D eigenvalue weighted by atomic mass is 16.6. The lowest BCUT2D eigenvalue weighted by Gasteiger charge is -2.37. The zero-order chi connectivity index (χ0) is 22.2. The fourth-order valence-electron chi connectivity index (χ4n) is 4.92. The Labute approximate surface area is 185 Å². The molecule has 2 heterocycles. The molecule has 0 N–H and O–H groups in total. The third-order valence-electron chi connectivity index (χ3n) is 6.51. The van der Waals surface area contributed by atoms with Crippen LogP contribution in [0.4, 0.5) is 9.59 Å². The number of carbonyl (C=O) groups is 3. The van der Waals surface area contributed by atoms with Crippen molar-refractivity contribution in [1.82, 2.24) is 9.80 Å². The lowest BCUT2D eigenvalue weighted by molar-refractivity contribution is 0.0600. The van der Waals surface area contributed by atoms with Gasteiger partial charge < -0.3 is 19.1 Å². The number of amides is 2. The smallest absolute Gasteiger partial charge is 0.415 e. The number of fused-ring (bicyclic) bond motifs is 3. The molecule has 2 aromatic rings. The number of rotatable bonds is 3. The molecule has 5 rings (SSSR count). The third-order valence-corrected chi connectivity index (χ3v) is 6.51. The highest BCUT2D eigenvalue weighted by molar-refractivity contribution is 5.89. The van der Waals surface area contributed by atoms with E-state index < -0.39 is 12.1 Å². The van der Waals surface area contributed by atoms with Crippen LogP contribution in [0, 0.1) is 0 Å². The fourth-order valence-corrected chi connectivity index (χ4v) is 4.92. The Morgan fingerprint density at radius 1 is 1.03 bits per heavy atom. The van der Waals surface area contributed by atoms with Gasteiger partial charge in [0.1, 0.15) is 11.9 Å². The van der Waals surface area contributed by atoms with E-state index in [-0.39, 0.29) is 24.3 Å². The van der Waals surface area contributed by atoms with Crippen LogP contribution >= 0.6 is 0 Å². The van der Waals surface area contributed by atoms with Gasteiger partial charge in [-0.3, -0.25) is 4.90 Å². The number of methoxy groups -OCH3 is 1. The summed E-state index contributed by atoms with van der Waals surface area (Å²) in [6, 6.07) is 14.4. The minimum Gasteiger partial charge on any atom is -0.465 e. The molecule has 2 fully saturated rings. The maximum atomic E-state index is 12.6. The molecule has 0 unspecified atom stereocenters. The molecule has 3 aliphatic rings. The molecular weight excluding hydrogens is 412 g/mol. The molecule has 166 valence electrons. The van der Waals surface area contributed by atoms with E-state index in [1.165, 1.54) is 18.2 Å². The number of nitrogens with zero attached hydrogens (tertiary/aromatic N) is 2. The van der Waals surface area contributed by atoms with Gasteiger partial charge in [-0.05, 0) is 48.2 Å². The molecule has 8 heteroatoms. The molecule has 8 nitrogen and oxygen atoms in total. The van der Waals surface area contributed by atoms with Crippen molar-refractivity contribution in [2.45, 2.75) is 37.5 Å². The molecule has 0 aromatic heterocycles. The molecule has 2 aliphatic heterocycles. The van der Waals surface area contributed by atoms with Crippen LogP contribution < -0.4 is 4.74 Å². The molecule has 1 aliphatic carbocycles. The number of piperidine rings is 1. The van der Waals surface area contributed by atoms with Crippen LogP contribution in [-0.4, -0.2) is 60.3 Å². The third kappa shape index (κ3) is 3.55. The first-order valence-electron chi connectivity index (χ1n) is 10.8. The lowest BCUT2D eigenvalue weighted by Crippen LogP contribution is -2.48. The Balaban J connectivity index is 1.20. The van der Waals surface area contributed by atoms with E-state index in [0.717, 1.165) is 6.42 Å². The summed E-state index contributed by atoms with van der Waals surface area (Å²) < 4.78 is 15.8. The summed E-state index contributed by atoms with van der Waals surface area (Å²) in [6.45, 7) is 0.985. The van der Waals surface area contributed by atoms with Crippen molar-refractivity contribution in [3.63, 3.8) is 0 Å². The van der Waals surface area contributed by atoms with Crippen LogP contribution in [-0.2, 0) is 15.9 Å². The number of likely N-dealkylation sites (tertiary alicyclic amines) is 1. The SMILES string of the molecule is COC(=O)c1ccc(OC(=O)N2CCC(N3C(=O)O[C@H]4Cc5ccccc5[C@H]43)CC2)cc1. The number of ether oxygens (including phenoxy) is 3. The van der Waals surface area contributed by atoms with Crippen molar-refractivity contribution in [2.75, 3.05) is 20.2 Å². The Hall–Kier alpha value is -3.55. The summed E-state index contributed by atoms with van der Waals surface area (Å²) in [5, 5.41) is 0. The molecule has 0 spiro atoms. The molecule has 2 atom stereocenters. The van der Waals surface area contributed by atoms with Gasteiger partial charge in [0.25, 0.3) is 0 Å². The van der Waals surface area contributed by atoms with E-state index in [0.29, 0.717) is 37.2 Å². The highest BCUT2D eigenvalue weighted by Crippen LogP contribution is 2.44. The first-order valence-corrected chi connectivity index (χ1v) is 10.8. The predicted octanol–water partition coefficient (Wildman–Crippen LogP) is 3.55. The highest BCUT2D eigenvalue weighted by Gasteiger charge is 2.50. The first kappa shape index (κ1) is 20.4. The van der Waals surface area contributed by atoms with Crippen LogP contribution in [0.1, 0.15) is 40.4 Å². The van der Waals surface area contributed by atoms with E-state index in [1.54, 1.807) is 29.2 Å². The lowest BCUT2D eigenvalue weighted by atomic mass is 9.99. The van der Waals surface area contributed by atoms with E-state index >= 15 is 0 Å². The molecule has 32 heavy (non-hydrogen) atoms. The van der Waals surface area contributed by atoms with Gasteiger partial charge in [-0.1, -0.05) is 24.3 Å². The molecule has 2 amide bonds. The monoisotopic (exact) mass is 436 g/mol. The van der Waals surface area contributed by atoms with Crippen molar-refractivity contribution >= 4 is 18.2 Å². The average molecular weight is 436 g/mol. The topological polar surface area (TPSA) is 85.4 Å². The standard InChI is InChI=1S/C24H24N2O6/c1-30-22(27)15-6-8-18(9-7-15)31-23(28)25-12-10-17(11-13-25)26-21-19-5-3-2-4-16(19)14-20(21)32-24(26)29/h2-9,17,20-21H,10-14H2,1H3/t20-,21+/m0/s1. The zero-order valence-corrected chi connectivity index (χ0v) is 17.7. The molecule has 2 aromatic carbocycles. The number of carbonyl (C=O) groups excluding carboxylic acids is 3. The maximum Gasteiger partial charge on any atom is 0.415 e. The predicted molar refractivity (Wildman–Crippen MR) is 113 cm³/mol. The Morgan fingerprint density at radius 2 is 1.75 bits per heavy atom. The number of benzene rings is 2. The normalized spacial score (nSPS) is 22.2. The molecule has 2 saturated heterocycles. The average Bonchev–Trinajstić information content (AvgIpc) is 3.33. The van der Waals surface area contributed by atoms with Crippen molar-refractivity contribution in [2.24, 2.45) is 0 Å². The van der Waals surface area contributed by atoms with Crippen LogP contribution in [0.15, 0.2) is 48.5 Å². The molecule has 0 radical (unpaired) electrons. The second kappa shape index (κ2) is 8.18. The van der Waals surface area contributed by atoms with Crippen molar-refractivity contribution in [1.29, 1.82) is 0 Å². The first-order chi connectivity index (χ1) is 15.5. The van der Waals surface area contributed by atoms with Gasteiger partial charge in [-0.2, -0.15) is 0 Å². The number of hydrogen-bond donors (Lipinski definition) is 0. The zero-order valence-electron chi connectivity index (χ0n) is 17.7. The van der Waals surface area contributed by atoms with Crippen molar-refractivity contribution in [3.8, 4) is 5.75 Å². The quantitative estimate of drug-likeness (QED) is 0.684. The van der Waals surface area contributed by atoms with Crippen molar-refractivity contribution in [3.05, 3.63) is 65.2 Å². The van der Waals surface area contributed by atoms with E-state index in [2.05, 4.69) is 16.9 Å². The molecule has 0 bridgehead atoms. The van der Waals surface area contributed by atoms with Gasteiger partial charge in [-0.25, -0.2) is 14.4 Å². The van der Waals surface area contributed by atoms with Gasteiger partial charge in [0.05, 0.1) is 18.7 Å². The second-order valence-corrected chi connectivity index (χ2v) is 8.28. The Bertz CT molecular complexity index is 1040. The van der Waals surface area contributed by atoms with Gasteiger partial charge in [0, 0.05) is 25.6 Å². The summed E-state index contributed by atoms with van der Waals surface area (Å²) >= 11 is 0. The van der Waals surface area contributed by atoms with E-state index in [1.807, 2.05) is 17.0 Å². The maximum absolute atomic E-state index is 12.6. The van der Waals surface area contributed by atoms with Crippen LogP contribution in [0.3, 0.4) is 0 Å². The van der Waals surface area contributed by atoms with E-state index in [4.69, 9.17) is 9.47 Å². The Morgan fingerprint density at radius 3 is 2.47 bits per heavy atom. The largest absolute Gasteiger partial charge is 0.465 e. The van der Waals surface area contributed by atoms with Gasteiger partial charge in [0.2, 0.25) is 0 Å². The number of esters is 1. The molecular formula is C24H24N2O6. The molecule has 0 saturated carbocycles. The Kier molecular flexibility index (Phi) is 5.20. The van der Waals surface area contributed by atoms with Crippen LogP contribution in [0.25, 0.3) is 0 Å². The van der Waals surface area contributed by atoms with E-state index in [9.17, 15) is 14.4 Å². The fraction of sp³-hybridized carbons (Fsp3) is 0.375.